The second-order valence-corrected chi connectivity index (χ2v) is 8.12. The van der Waals surface area contributed by atoms with Gasteiger partial charge in [-0.15, -0.1) is 0 Å². The summed E-state index contributed by atoms with van der Waals surface area (Å²) in [5, 5.41) is 1.73. The van der Waals surface area contributed by atoms with Gasteiger partial charge in [0.05, 0.1) is 43.0 Å². The highest BCUT2D eigenvalue weighted by Gasteiger charge is 2.20. The van der Waals surface area contributed by atoms with Crippen LogP contribution in [0.5, 0.6) is 5.75 Å². The normalized spacial score (nSPS) is 14.2. The Morgan fingerprint density at radius 3 is 2.48 bits per heavy atom. The lowest BCUT2D eigenvalue weighted by Crippen LogP contribution is -2.46. The van der Waals surface area contributed by atoms with Crippen molar-refractivity contribution in [2.45, 2.75) is 6.54 Å². The zero-order valence-electron chi connectivity index (χ0n) is 18.9. The van der Waals surface area contributed by atoms with Crippen LogP contribution in [0.4, 0.5) is 11.4 Å². The molecule has 4 aromatic rings. The third-order valence-electron chi connectivity index (χ3n) is 6.26. The van der Waals surface area contributed by atoms with Crippen LogP contribution in [0.1, 0.15) is 0 Å². The molecule has 1 fully saturated rings. The Morgan fingerprint density at radius 2 is 1.70 bits per heavy atom. The minimum atomic E-state index is -0.0339. The van der Waals surface area contributed by atoms with Gasteiger partial charge in [0, 0.05) is 56.2 Å². The lowest BCUT2D eigenvalue weighted by Gasteiger charge is -2.37. The molecule has 2 aromatic heterocycles. The molecule has 0 saturated carbocycles. The van der Waals surface area contributed by atoms with Crippen LogP contribution in [0.3, 0.4) is 0 Å². The number of hydrogen-bond acceptors (Lipinski definition) is 7. The predicted octanol–water partition coefficient (Wildman–Crippen LogP) is 2.93. The molecule has 0 amide bonds. The summed E-state index contributed by atoms with van der Waals surface area (Å²) in [5.74, 6) is 0.834. The summed E-state index contributed by atoms with van der Waals surface area (Å²) in [5.41, 5.74) is 3.92. The summed E-state index contributed by atoms with van der Waals surface area (Å²) in [6.45, 7) is 4.52. The Bertz CT molecular complexity index is 1350. The van der Waals surface area contributed by atoms with Crippen molar-refractivity contribution in [1.82, 2.24) is 14.5 Å². The van der Waals surface area contributed by atoms with Gasteiger partial charge in [-0.25, -0.2) is 4.98 Å². The van der Waals surface area contributed by atoms with E-state index in [0.717, 1.165) is 54.0 Å². The van der Waals surface area contributed by atoms with E-state index in [9.17, 15) is 4.79 Å². The third kappa shape index (κ3) is 4.09. The Hall–Kier alpha value is -3.65. The molecule has 0 aliphatic carbocycles. The van der Waals surface area contributed by atoms with Gasteiger partial charge in [0.25, 0.3) is 5.56 Å². The molecule has 0 atom stereocenters. The Kier molecular flexibility index (Phi) is 5.83. The van der Waals surface area contributed by atoms with Gasteiger partial charge in [-0.3, -0.25) is 14.3 Å². The largest absolute Gasteiger partial charge is 0.497 e. The van der Waals surface area contributed by atoms with E-state index in [2.05, 4.69) is 31.9 Å². The van der Waals surface area contributed by atoms with Crippen LogP contribution in [0.2, 0.25) is 0 Å². The maximum absolute atomic E-state index is 12.7. The van der Waals surface area contributed by atoms with Gasteiger partial charge in [-0.1, -0.05) is 0 Å². The number of ether oxygens (including phenoxy) is 2. The first kappa shape index (κ1) is 21.2. The third-order valence-corrected chi connectivity index (χ3v) is 6.26. The van der Waals surface area contributed by atoms with E-state index in [1.807, 2.05) is 36.5 Å². The molecular weight excluding hydrogens is 418 g/mol. The van der Waals surface area contributed by atoms with Crippen LogP contribution in [-0.2, 0) is 11.3 Å². The van der Waals surface area contributed by atoms with Gasteiger partial charge < -0.3 is 19.3 Å². The highest BCUT2D eigenvalue weighted by molar-refractivity contribution is 5.92. The number of pyridine rings is 1. The van der Waals surface area contributed by atoms with Crippen LogP contribution < -0.4 is 20.1 Å². The number of fused-ring (bicyclic) bond motifs is 2. The van der Waals surface area contributed by atoms with E-state index < -0.39 is 0 Å². The monoisotopic (exact) mass is 445 g/mol. The predicted molar refractivity (Wildman–Crippen MR) is 131 cm³/mol. The molecule has 5 rings (SSSR count). The minimum absolute atomic E-state index is 0.0339. The number of anilines is 2. The molecule has 1 aliphatic rings. The first-order chi connectivity index (χ1) is 16.2. The van der Waals surface area contributed by atoms with Gasteiger partial charge in [0.2, 0.25) is 0 Å². The molecule has 1 saturated heterocycles. The molecule has 0 spiro atoms. The molecule has 1 aliphatic heterocycles. The molecule has 33 heavy (non-hydrogen) atoms. The first-order valence-corrected chi connectivity index (χ1v) is 11.1. The zero-order chi connectivity index (χ0) is 22.8. The number of aromatic nitrogens is 3. The van der Waals surface area contributed by atoms with Crippen molar-refractivity contribution < 1.29 is 9.47 Å². The van der Waals surface area contributed by atoms with E-state index in [4.69, 9.17) is 9.47 Å². The zero-order valence-corrected chi connectivity index (χ0v) is 18.9. The smallest absolute Gasteiger partial charge is 0.261 e. The van der Waals surface area contributed by atoms with E-state index in [0.29, 0.717) is 18.5 Å². The van der Waals surface area contributed by atoms with Crippen molar-refractivity contribution in [3.05, 3.63) is 65.3 Å². The SMILES string of the molecule is COCCn1cnc2cc(N3CCN(c4ccnc5ccc(OC)cc45)CC3)ccc2c1=O. The van der Waals surface area contributed by atoms with Gasteiger partial charge in [0.15, 0.2) is 0 Å². The Morgan fingerprint density at radius 1 is 0.879 bits per heavy atom. The van der Waals surface area contributed by atoms with Crippen LogP contribution >= 0.6 is 0 Å². The van der Waals surface area contributed by atoms with Crippen LogP contribution in [0.15, 0.2) is 59.8 Å². The van der Waals surface area contributed by atoms with Crippen molar-refractivity contribution in [3.63, 3.8) is 0 Å². The van der Waals surface area contributed by atoms with Crippen molar-refractivity contribution in [2.75, 3.05) is 56.8 Å². The van der Waals surface area contributed by atoms with Gasteiger partial charge >= 0.3 is 0 Å². The van der Waals surface area contributed by atoms with Crippen molar-refractivity contribution in [2.24, 2.45) is 0 Å². The Labute approximate surface area is 192 Å². The maximum Gasteiger partial charge on any atom is 0.261 e. The minimum Gasteiger partial charge on any atom is -0.497 e. The molecular formula is C25H27N5O3. The van der Waals surface area contributed by atoms with Gasteiger partial charge in [-0.2, -0.15) is 0 Å². The molecule has 3 heterocycles. The summed E-state index contributed by atoms with van der Waals surface area (Å²) in [6, 6.07) is 14.0. The number of piperazine rings is 1. The van der Waals surface area contributed by atoms with E-state index >= 15 is 0 Å². The maximum atomic E-state index is 12.7. The van der Waals surface area contributed by atoms with Crippen molar-refractivity contribution in [1.29, 1.82) is 0 Å². The summed E-state index contributed by atoms with van der Waals surface area (Å²) in [6.07, 6.45) is 3.47. The topological polar surface area (TPSA) is 72.7 Å². The van der Waals surface area contributed by atoms with E-state index in [1.54, 1.807) is 25.1 Å². The highest BCUT2D eigenvalue weighted by Crippen LogP contribution is 2.30. The summed E-state index contributed by atoms with van der Waals surface area (Å²) in [4.78, 5) is 26.5. The first-order valence-electron chi connectivity index (χ1n) is 11.1. The average Bonchev–Trinajstić information content (AvgIpc) is 2.87. The van der Waals surface area contributed by atoms with Gasteiger partial charge in [0.1, 0.15) is 5.75 Å². The molecule has 8 nitrogen and oxygen atoms in total. The van der Waals surface area contributed by atoms with Crippen LogP contribution in [-0.4, -0.2) is 61.5 Å². The lowest BCUT2D eigenvalue weighted by molar-refractivity contribution is 0.186. The fraction of sp³-hybridized carbons (Fsp3) is 0.320. The van der Waals surface area contributed by atoms with Crippen molar-refractivity contribution in [3.8, 4) is 5.75 Å². The van der Waals surface area contributed by atoms with E-state index in [1.165, 1.54) is 5.69 Å². The number of benzene rings is 2. The number of hydrogen-bond donors (Lipinski definition) is 0. The van der Waals surface area contributed by atoms with Gasteiger partial charge in [-0.05, 0) is 42.5 Å². The number of rotatable bonds is 6. The summed E-state index contributed by atoms with van der Waals surface area (Å²) < 4.78 is 12.1. The molecule has 8 heteroatoms. The Balaban J connectivity index is 1.35. The number of methoxy groups -OCH3 is 2. The summed E-state index contributed by atoms with van der Waals surface area (Å²) in [7, 11) is 3.31. The fourth-order valence-corrected chi connectivity index (χ4v) is 4.41. The molecule has 2 aromatic carbocycles. The van der Waals surface area contributed by atoms with Crippen molar-refractivity contribution >= 4 is 33.2 Å². The highest BCUT2D eigenvalue weighted by atomic mass is 16.5. The fourth-order valence-electron chi connectivity index (χ4n) is 4.41. The standard InChI is InChI=1S/C25H27N5O3/c1-32-14-13-30-17-27-23-15-18(3-5-20(23)25(30)31)28-9-11-29(12-10-28)24-7-8-26-22-6-4-19(33-2)16-21(22)24/h3-8,15-17H,9-14H2,1-2H3. The summed E-state index contributed by atoms with van der Waals surface area (Å²) >= 11 is 0. The number of nitrogens with zero attached hydrogens (tertiary/aromatic N) is 5. The molecule has 170 valence electrons. The molecule has 0 bridgehead atoms. The van der Waals surface area contributed by atoms with Crippen LogP contribution in [0.25, 0.3) is 21.8 Å². The molecule has 0 unspecified atom stereocenters. The quantitative estimate of drug-likeness (QED) is 0.452. The average molecular weight is 446 g/mol. The second kappa shape index (κ2) is 9.07. The second-order valence-electron chi connectivity index (χ2n) is 8.12. The van der Waals surface area contributed by atoms with Crippen LogP contribution in [0, 0.1) is 0 Å². The molecule has 0 radical (unpaired) electrons. The van der Waals surface area contributed by atoms with E-state index in [-0.39, 0.29) is 5.56 Å². The molecule has 0 N–H and O–H groups in total. The lowest BCUT2D eigenvalue weighted by atomic mass is 10.1.